The van der Waals surface area contributed by atoms with Gasteiger partial charge in [-0.3, -0.25) is 19.8 Å². The van der Waals surface area contributed by atoms with E-state index < -0.39 is 11.8 Å². The Labute approximate surface area is 171 Å². The summed E-state index contributed by atoms with van der Waals surface area (Å²) in [7, 11) is 0. The van der Waals surface area contributed by atoms with E-state index in [0.717, 1.165) is 21.4 Å². The first-order valence-corrected chi connectivity index (χ1v) is 9.92. The molecule has 1 N–H and O–H groups in total. The molecule has 1 aromatic carbocycles. The number of hydrogen-bond acceptors (Lipinski definition) is 3. The first kappa shape index (κ1) is 18.1. The van der Waals surface area contributed by atoms with Gasteiger partial charge >= 0.3 is 0 Å². The van der Waals surface area contributed by atoms with Crippen LogP contribution in [0.15, 0.2) is 40.4 Å². The van der Waals surface area contributed by atoms with Crippen LogP contribution < -0.4 is 10.2 Å². The van der Waals surface area contributed by atoms with Crippen LogP contribution in [0.3, 0.4) is 0 Å². The molecule has 0 bridgehead atoms. The van der Waals surface area contributed by atoms with E-state index in [1.165, 1.54) is 17.7 Å². The molecule has 0 radical (unpaired) electrons. The van der Waals surface area contributed by atoms with Gasteiger partial charge in [0.25, 0.3) is 11.8 Å². The number of nitrogens with zero attached hydrogens (tertiary/aromatic N) is 2. The first-order valence-electron chi connectivity index (χ1n) is 8.72. The fourth-order valence-electron chi connectivity index (χ4n) is 3.48. The summed E-state index contributed by atoms with van der Waals surface area (Å²) in [4.78, 5) is 26.9. The van der Waals surface area contributed by atoms with Crippen molar-refractivity contribution in [2.75, 3.05) is 4.90 Å². The average molecular weight is 444 g/mol. The number of halogens is 1. The van der Waals surface area contributed by atoms with E-state index in [4.69, 9.17) is 12.2 Å². The maximum Gasteiger partial charge on any atom is 0.270 e. The van der Waals surface area contributed by atoms with Crippen molar-refractivity contribution >= 4 is 56.8 Å². The molecule has 2 amide bonds. The largest absolute Gasteiger partial charge is 0.346 e. The zero-order chi connectivity index (χ0) is 19.3. The van der Waals surface area contributed by atoms with Gasteiger partial charge in [-0.2, -0.15) is 0 Å². The van der Waals surface area contributed by atoms with E-state index in [2.05, 4.69) is 32.7 Å². The minimum Gasteiger partial charge on any atom is -0.346 e. The van der Waals surface area contributed by atoms with E-state index in [1.54, 1.807) is 18.2 Å². The second-order valence-electron chi connectivity index (χ2n) is 6.86. The van der Waals surface area contributed by atoms with E-state index in [0.29, 0.717) is 11.7 Å². The number of nitrogens with one attached hydrogen (secondary N) is 1. The summed E-state index contributed by atoms with van der Waals surface area (Å²) < 4.78 is 3.18. The second-order valence-corrected chi connectivity index (χ2v) is 8.16. The molecule has 7 heteroatoms. The number of benzene rings is 1. The minimum atomic E-state index is -0.463. The smallest absolute Gasteiger partial charge is 0.270 e. The van der Waals surface area contributed by atoms with Crippen LogP contribution in [0.5, 0.6) is 0 Å². The summed E-state index contributed by atoms with van der Waals surface area (Å²) in [6, 6.07) is 9.78. The molecule has 2 aliphatic rings. The second kappa shape index (κ2) is 6.73. The van der Waals surface area contributed by atoms with E-state index in [-0.39, 0.29) is 10.7 Å². The molecule has 2 aromatic rings. The number of rotatable bonds is 3. The lowest BCUT2D eigenvalue weighted by molar-refractivity contribution is -0.122. The maximum absolute atomic E-state index is 13.1. The van der Waals surface area contributed by atoms with E-state index in [9.17, 15) is 9.59 Å². The molecule has 138 valence electrons. The molecule has 27 heavy (non-hydrogen) atoms. The summed E-state index contributed by atoms with van der Waals surface area (Å²) >= 11 is 8.62. The molecule has 1 saturated heterocycles. The number of carbonyl (C=O) groups excluding carboxylic acids is 2. The fourth-order valence-corrected chi connectivity index (χ4v) is 4.03. The molecular weight excluding hydrogens is 426 g/mol. The van der Waals surface area contributed by atoms with Crippen LogP contribution in [0.4, 0.5) is 5.69 Å². The Balaban J connectivity index is 1.73. The summed E-state index contributed by atoms with van der Waals surface area (Å²) in [5.41, 5.74) is 3.81. The van der Waals surface area contributed by atoms with Gasteiger partial charge in [-0.1, -0.05) is 15.9 Å². The topological polar surface area (TPSA) is 54.3 Å². The summed E-state index contributed by atoms with van der Waals surface area (Å²) in [5.74, 6) is -0.878. The van der Waals surface area contributed by atoms with Gasteiger partial charge < -0.3 is 4.57 Å². The monoisotopic (exact) mass is 443 g/mol. The SMILES string of the molecule is Cc1cc(/C=C2\C(=O)NC(=S)N(c3ccc(Br)cc3)C2=O)c(C)n1C1CC1. The normalized spacial score (nSPS) is 19.0. The Bertz CT molecular complexity index is 1000. The molecular formula is C20H18BrN3O2S. The highest BCUT2D eigenvalue weighted by Crippen LogP contribution is 2.38. The van der Waals surface area contributed by atoms with Crippen LogP contribution in [-0.4, -0.2) is 21.5 Å². The average Bonchev–Trinajstić information content (AvgIpc) is 3.39. The molecule has 2 fully saturated rings. The highest BCUT2D eigenvalue weighted by atomic mass is 79.9. The first-order chi connectivity index (χ1) is 12.9. The summed E-state index contributed by atoms with van der Waals surface area (Å²) in [6.45, 7) is 4.08. The van der Waals surface area contributed by atoms with Gasteiger partial charge in [0.15, 0.2) is 5.11 Å². The number of hydrogen-bond donors (Lipinski definition) is 1. The number of aryl methyl sites for hydroxylation is 1. The highest BCUT2D eigenvalue weighted by Gasteiger charge is 2.35. The van der Waals surface area contributed by atoms with Crippen molar-refractivity contribution in [1.29, 1.82) is 0 Å². The van der Waals surface area contributed by atoms with Gasteiger partial charge in [0.05, 0.1) is 5.69 Å². The van der Waals surface area contributed by atoms with Gasteiger partial charge in [-0.05, 0) is 80.9 Å². The predicted octanol–water partition coefficient (Wildman–Crippen LogP) is 4.03. The van der Waals surface area contributed by atoms with E-state index in [1.807, 2.05) is 25.1 Å². The predicted molar refractivity (Wildman–Crippen MR) is 113 cm³/mol. The van der Waals surface area contributed by atoms with Crippen molar-refractivity contribution < 1.29 is 9.59 Å². The van der Waals surface area contributed by atoms with Gasteiger partial charge in [0, 0.05) is 21.9 Å². The van der Waals surface area contributed by atoms with Gasteiger partial charge in [0.2, 0.25) is 0 Å². The Kier molecular flexibility index (Phi) is 4.52. The zero-order valence-electron chi connectivity index (χ0n) is 15.0. The number of aromatic nitrogens is 1. The van der Waals surface area contributed by atoms with Crippen molar-refractivity contribution in [3.63, 3.8) is 0 Å². The van der Waals surface area contributed by atoms with Crippen molar-refractivity contribution in [3.8, 4) is 0 Å². The third kappa shape index (κ3) is 3.26. The molecule has 0 unspecified atom stereocenters. The number of amides is 2. The van der Waals surface area contributed by atoms with Crippen LogP contribution in [0, 0.1) is 13.8 Å². The Morgan fingerprint density at radius 3 is 2.48 bits per heavy atom. The quantitative estimate of drug-likeness (QED) is 0.442. The molecule has 1 saturated carbocycles. The third-order valence-corrected chi connectivity index (χ3v) is 5.74. The molecule has 0 atom stereocenters. The van der Waals surface area contributed by atoms with Crippen LogP contribution in [0.25, 0.3) is 6.08 Å². The van der Waals surface area contributed by atoms with Crippen molar-refractivity contribution in [2.24, 2.45) is 0 Å². The molecule has 1 aromatic heterocycles. The van der Waals surface area contributed by atoms with Gasteiger partial charge in [-0.15, -0.1) is 0 Å². The van der Waals surface area contributed by atoms with Gasteiger partial charge in [-0.25, -0.2) is 0 Å². The minimum absolute atomic E-state index is 0.0857. The molecule has 2 heterocycles. The zero-order valence-corrected chi connectivity index (χ0v) is 17.4. The van der Waals surface area contributed by atoms with Gasteiger partial charge in [0.1, 0.15) is 5.57 Å². The number of thiocarbonyl (C=S) groups is 1. The van der Waals surface area contributed by atoms with Crippen LogP contribution >= 0.6 is 28.1 Å². The lowest BCUT2D eigenvalue weighted by Gasteiger charge is -2.29. The van der Waals surface area contributed by atoms with Crippen molar-refractivity contribution in [2.45, 2.75) is 32.7 Å². The van der Waals surface area contributed by atoms with Crippen molar-refractivity contribution in [3.05, 3.63) is 57.3 Å². The van der Waals surface area contributed by atoms with Crippen LogP contribution in [-0.2, 0) is 9.59 Å². The Hall–Kier alpha value is -2.25. The summed E-state index contributed by atoms with van der Waals surface area (Å²) in [5, 5.41) is 2.72. The third-order valence-electron chi connectivity index (χ3n) is 4.92. The van der Waals surface area contributed by atoms with Crippen molar-refractivity contribution in [1.82, 2.24) is 9.88 Å². The molecule has 1 aliphatic carbocycles. The molecule has 5 nitrogen and oxygen atoms in total. The van der Waals surface area contributed by atoms with E-state index >= 15 is 0 Å². The molecule has 0 spiro atoms. The molecule has 4 rings (SSSR count). The lowest BCUT2D eigenvalue weighted by Crippen LogP contribution is -2.54. The number of anilines is 1. The highest BCUT2D eigenvalue weighted by molar-refractivity contribution is 9.10. The fraction of sp³-hybridized carbons (Fsp3) is 0.250. The maximum atomic E-state index is 13.1. The number of carbonyl (C=O) groups is 2. The lowest BCUT2D eigenvalue weighted by atomic mass is 10.1. The summed E-state index contributed by atoms with van der Waals surface area (Å²) in [6.07, 6.45) is 4.03. The Morgan fingerprint density at radius 1 is 1.19 bits per heavy atom. The van der Waals surface area contributed by atoms with Crippen LogP contribution in [0.1, 0.15) is 35.8 Å². The Morgan fingerprint density at radius 2 is 1.85 bits per heavy atom. The molecule has 1 aliphatic heterocycles. The van der Waals surface area contributed by atoms with Crippen LogP contribution in [0.2, 0.25) is 0 Å². The standard InChI is InChI=1S/C20H18BrN3O2S/c1-11-9-13(12(2)23(11)15-7-8-15)10-17-18(25)22-20(27)24(19(17)26)16-5-3-14(21)4-6-16/h3-6,9-10,15H,7-8H2,1-2H3,(H,22,25,27)/b17-10+.